The van der Waals surface area contributed by atoms with Crippen LogP contribution in [0.2, 0.25) is 0 Å². The summed E-state index contributed by atoms with van der Waals surface area (Å²) < 4.78 is 0. The highest BCUT2D eigenvalue weighted by Crippen LogP contribution is 2.42. The van der Waals surface area contributed by atoms with Crippen LogP contribution in [-0.2, 0) is 4.79 Å². The highest BCUT2D eigenvalue weighted by atomic mass is 16.3. The first kappa shape index (κ1) is 9.72. The smallest absolute Gasteiger partial charge is 0.136 e. The van der Waals surface area contributed by atoms with Crippen LogP contribution in [0.1, 0.15) is 40.0 Å². The standard InChI is InChI=1S/C10H18O2/c1-4-8-5-6-10(3,12)9(8)7(2)11/h8-9,12H,4-6H2,1-3H3. The Balaban J connectivity index is 2.80. The molecule has 70 valence electrons. The number of hydrogen-bond donors (Lipinski definition) is 1. The summed E-state index contributed by atoms with van der Waals surface area (Å²) in [6.07, 6.45) is 2.77. The molecule has 0 heterocycles. The summed E-state index contributed by atoms with van der Waals surface area (Å²) in [4.78, 5) is 11.3. The van der Waals surface area contributed by atoms with E-state index in [1.807, 2.05) is 0 Å². The summed E-state index contributed by atoms with van der Waals surface area (Å²) in [5, 5.41) is 9.91. The summed E-state index contributed by atoms with van der Waals surface area (Å²) in [7, 11) is 0. The predicted molar refractivity (Wildman–Crippen MR) is 47.8 cm³/mol. The van der Waals surface area contributed by atoms with Crippen molar-refractivity contribution in [3.05, 3.63) is 0 Å². The lowest BCUT2D eigenvalue weighted by molar-refractivity contribution is -0.128. The Labute approximate surface area is 74.0 Å². The molecule has 2 heteroatoms. The third-order valence-corrected chi connectivity index (χ3v) is 3.13. The van der Waals surface area contributed by atoms with Gasteiger partial charge in [0.2, 0.25) is 0 Å². The molecule has 1 aliphatic rings. The fraction of sp³-hybridized carbons (Fsp3) is 0.900. The minimum absolute atomic E-state index is 0.123. The third kappa shape index (κ3) is 1.53. The molecule has 1 aliphatic carbocycles. The van der Waals surface area contributed by atoms with Crippen molar-refractivity contribution in [2.45, 2.75) is 45.6 Å². The molecule has 0 saturated heterocycles. The molecule has 0 aliphatic heterocycles. The van der Waals surface area contributed by atoms with Crippen molar-refractivity contribution >= 4 is 5.78 Å². The van der Waals surface area contributed by atoms with E-state index in [9.17, 15) is 9.90 Å². The highest BCUT2D eigenvalue weighted by molar-refractivity contribution is 5.80. The predicted octanol–water partition coefficient (Wildman–Crippen LogP) is 1.76. The number of hydrogen-bond acceptors (Lipinski definition) is 2. The molecule has 3 unspecified atom stereocenters. The van der Waals surface area contributed by atoms with E-state index in [1.54, 1.807) is 13.8 Å². The van der Waals surface area contributed by atoms with Gasteiger partial charge in [-0.1, -0.05) is 13.3 Å². The van der Waals surface area contributed by atoms with Gasteiger partial charge in [0.15, 0.2) is 0 Å². The molecule has 1 rings (SSSR count). The molecular weight excluding hydrogens is 152 g/mol. The largest absolute Gasteiger partial charge is 0.389 e. The molecule has 1 saturated carbocycles. The average Bonchev–Trinajstić information content (AvgIpc) is 2.24. The van der Waals surface area contributed by atoms with Crippen molar-refractivity contribution in [3.8, 4) is 0 Å². The number of ketones is 1. The average molecular weight is 170 g/mol. The number of carbonyl (C=O) groups excluding carboxylic acids is 1. The van der Waals surface area contributed by atoms with E-state index in [0.717, 1.165) is 19.3 Å². The van der Waals surface area contributed by atoms with Crippen LogP contribution in [0.5, 0.6) is 0 Å². The van der Waals surface area contributed by atoms with Gasteiger partial charge in [-0.2, -0.15) is 0 Å². The molecule has 0 aromatic carbocycles. The second-order valence-electron chi connectivity index (χ2n) is 4.15. The van der Waals surface area contributed by atoms with E-state index in [4.69, 9.17) is 0 Å². The number of rotatable bonds is 2. The van der Waals surface area contributed by atoms with Crippen molar-refractivity contribution in [2.24, 2.45) is 11.8 Å². The van der Waals surface area contributed by atoms with Gasteiger partial charge in [0.05, 0.1) is 5.60 Å². The van der Waals surface area contributed by atoms with Gasteiger partial charge in [-0.3, -0.25) is 4.79 Å². The Morgan fingerprint density at radius 2 is 2.25 bits per heavy atom. The van der Waals surface area contributed by atoms with Gasteiger partial charge in [0.25, 0.3) is 0 Å². The molecule has 1 fully saturated rings. The van der Waals surface area contributed by atoms with Crippen LogP contribution in [-0.4, -0.2) is 16.5 Å². The summed E-state index contributed by atoms with van der Waals surface area (Å²) in [5.74, 6) is 0.421. The number of carbonyl (C=O) groups is 1. The second-order valence-corrected chi connectivity index (χ2v) is 4.15. The van der Waals surface area contributed by atoms with E-state index >= 15 is 0 Å². The molecule has 2 nitrogen and oxygen atoms in total. The van der Waals surface area contributed by atoms with Crippen LogP contribution in [0.25, 0.3) is 0 Å². The first-order valence-corrected chi connectivity index (χ1v) is 4.72. The molecule has 3 atom stereocenters. The molecule has 12 heavy (non-hydrogen) atoms. The van der Waals surface area contributed by atoms with Gasteiger partial charge in [-0.25, -0.2) is 0 Å². The molecule has 1 N–H and O–H groups in total. The SMILES string of the molecule is CCC1CCC(C)(O)C1C(C)=O. The quantitative estimate of drug-likeness (QED) is 0.685. The van der Waals surface area contributed by atoms with E-state index in [-0.39, 0.29) is 11.7 Å². The lowest BCUT2D eigenvalue weighted by Crippen LogP contribution is -2.36. The second kappa shape index (κ2) is 3.17. The van der Waals surface area contributed by atoms with Crippen LogP contribution in [0.15, 0.2) is 0 Å². The first-order chi connectivity index (χ1) is 5.49. The lowest BCUT2D eigenvalue weighted by atomic mass is 9.83. The van der Waals surface area contributed by atoms with Gasteiger partial charge in [-0.05, 0) is 32.6 Å². The lowest BCUT2D eigenvalue weighted by Gasteiger charge is -2.26. The topological polar surface area (TPSA) is 37.3 Å². The van der Waals surface area contributed by atoms with Gasteiger partial charge < -0.3 is 5.11 Å². The maximum Gasteiger partial charge on any atom is 0.136 e. The van der Waals surface area contributed by atoms with Crippen molar-refractivity contribution in [1.82, 2.24) is 0 Å². The van der Waals surface area contributed by atoms with E-state index in [0.29, 0.717) is 5.92 Å². The van der Waals surface area contributed by atoms with Crippen molar-refractivity contribution in [2.75, 3.05) is 0 Å². The summed E-state index contributed by atoms with van der Waals surface area (Å²) in [6.45, 7) is 5.46. The maximum atomic E-state index is 11.3. The molecule has 0 aromatic rings. The summed E-state index contributed by atoms with van der Waals surface area (Å²) in [5.41, 5.74) is -0.744. The van der Waals surface area contributed by atoms with Crippen molar-refractivity contribution in [1.29, 1.82) is 0 Å². The van der Waals surface area contributed by atoms with Crippen LogP contribution in [0.3, 0.4) is 0 Å². The van der Waals surface area contributed by atoms with Gasteiger partial charge in [-0.15, -0.1) is 0 Å². The molecule has 0 aromatic heterocycles. The van der Waals surface area contributed by atoms with Gasteiger partial charge in [0, 0.05) is 5.92 Å². The normalized spacial score (nSPS) is 41.7. The minimum Gasteiger partial charge on any atom is -0.389 e. The van der Waals surface area contributed by atoms with E-state index in [2.05, 4.69) is 6.92 Å². The van der Waals surface area contributed by atoms with Crippen LogP contribution >= 0.6 is 0 Å². The highest BCUT2D eigenvalue weighted by Gasteiger charge is 2.45. The Bertz CT molecular complexity index is 184. The van der Waals surface area contributed by atoms with Gasteiger partial charge >= 0.3 is 0 Å². The summed E-state index contributed by atoms with van der Waals surface area (Å²) in [6, 6.07) is 0. The molecule has 0 bridgehead atoms. The van der Waals surface area contributed by atoms with Gasteiger partial charge in [0.1, 0.15) is 5.78 Å². The van der Waals surface area contributed by atoms with Crippen molar-refractivity contribution < 1.29 is 9.90 Å². The third-order valence-electron chi connectivity index (χ3n) is 3.13. The Hall–Kier alpha value is -0.370. The van der Waals surface area contributed by atoms with Crippen molar-refractivity contribution in [3.63, 3.8) is 0 Å². The Morgan fingerprint density at radius 1 is 1.67 bits per heavy atom. The maximum absolute atomic E-state index is 11.3. The molecular formula is C10H18O2. The first-order valence-electron chi connectivity index (χ1n) is 4.72. The fourth-order valence-corrected chi connectivity index (χ4v) is 2.52. The number of aliphatic hydroxyl groups is 1. The minimum atomic E-state index is -0.744. The monoisotopic (exact) mass is 170 g/mol. The molecule has 0 amide bonds. The van der Waals surface area contributed by atoms with Crippen LogP contribution in [0, 0.1) is 11.8 Å². The van der Waals surface area contributed by atoms with E-state index in [1.165, 1.54) is 0 Å². The van der Waals surface area contributed by atoms with Crippen LogP contribution in [0.4, 0.5) is 0 Å². The fourth-order valence-electron chi connectivity index (χ4n) is 2.52. The Kier molecular flexibility index (Phi) is 2.57. The Morgan fingerprint density at radius 3 is 2.58 bits per heavy atom. The van der Waals surface area contributed by atoms with Crippen LogP contribution < -0.4 is 0 Å². The van der Waals surface area contributed by atoms with E-state index < -0.39 is 5.60 Å². The molecule has 0 spiro atoms. The number of Topliss-reactive ketones (excluding diaryl/α,β-unsaturated/α-hetero) is 1. The zero-order valence-electron chi connectivity index (χ0n) is 8.13. The zero-order chi connectivity index (χ0) is 9.35. The zero-order valence-corrected chi connectivity index (χ0v) is 8.13. The summed E-state index contributed by atoms with van der Waals surface area (Å²) >= 11 is 0. The molecule has 0 radical (unpaired) electrons.